The second-order valence-corrected chi connectivity index (χ2v) is 2.38. The van der Waals surface area contributed by atoms with Gasteiger partial charge in [0.05, 0.1) is 5.71 Å². The summed E-state index contributed by atoms with van der Waals surface area (Å²) >= 11 is 0. The van der Waals surface area contributed by atoms with Crippen molar-refractivity contribution in [2.24, 2.45) is 5.16 Å². The molecule has 0 radical (unpaired) electrons. The van der Waals surface area contributed by atoms with E-state index < -0.39 is 7.00 Å². The van der Waals surface area contributed by atoms with Gasteiger partial charge in [0.2, 0.25) is 0 Å². The normalized spacial score (nSPS) is 24.0. The van der Waals surface area contributed by atoms with Crippen molar-refractivity contribution in [3.05, 3.63) is 0 Å². The van der Waals surface area contributed by atoms with Crippen molar-refractivity contribution in [1.82, 2.24) is 4.90 Å². The topological polar surface area (TPSA) is 24.8 Å². The van der Waals surface area contributed by atoms with E-state index in [0.717, 1.165) is 31.6 Å². The number of hydrogen-bond acceptors (Lipinski definition) is 3. The summed E-state index contributed by atoms with van der Waals surface area (Å²) in [6.45, 7) is 0.661. The standard InChI is InChI=1S/C7H14N2O/c1-9-5-3-7(4-6-9)8-10-2/h3-6H2,1-2H3/i1D2. The van der Waals surface area contributed by atoms with E-state index in [0.29, 0.717) is 0 Å². The molecule has 0 N–H and O–H groups in total. The Morgan fingerprint density at radius 3 is 2.80 bits per heavy atom. The maximum absolute atomic E-state index is 7.16. The summed E-state index contributed by atoms with van der Waals surface area (Å²) in [7, 11) is 1.54. The van der Waals surface area contributed by atoms with E-state index in [1.54, 1.807) is 4.90 Å². The van der Waals surface area contributed by atoms with Gasteiger partial charge in [-0.1, -0.05) is 5.16 Å². The molecular formula is C7H14N2O. The zero-order chi connectivity index (χ0) is 8.97. The molecule has 0 unspecified atom stereocenters. The minimum Gasteiger partial charge on any atom is -0.399 e. The quantitative estimate of drug-likeness (QED) is 0.506. The van der Waals surface area contributed by atoms with Crippen LogP contribution in [0.4, 0.5) is 0 Å². The van der Waals surface area contributed by atoms with Crippen LogP contribution in [-0.4, -0.2) is 37.8 Å². The van der Waals surface area contributed by atoms with E-state index >= 15 is 0 Å². The fraction of sp³-hybridized carbons (Fsp3) is 0.857. The predicted molar refractivity (Wildman–Crippen MR) is 41.2 cm³/mol. The van der Waals surface area contributed by atoms with Crippen molar-refractivity contribution in [2.75, 3.05) is 27.2 Å². The maximum Gasteiger partial charge on any atom is 0.106 e. The molecule has 1 fully saturated rings. The number of nitrogens with zero attached hydrogens (tertiary/aromatic N) is 2. The molecule has 0 aliphatic carbocycles. The fourth-order valence-electron chi connectivity index (χ4n) is 1.00. The van der Waals surface area contributed by atoms with Crippen molar-refractivity contribution < 1.29 is 7.58 Å². The van der Waals surface area contributed by atoms with Crippen LogP contribution in [0.25, 0.3) is 0 Å². The van der Waals surface area contributed by atoms with Crippen molar-refractivity contribution in [3.8, 4) is 0 Å². The van der Waals surface area contributed by atoms with Crippen molar-refractivity contribution >= 4 is 5.71 Å². The molecule has 0 amide bonds. The van der Waals surface area contributed by atoms with Gasteiger partial charge in [-0.2, -0.15) is 0 Å². The second kappa shape index (κ2) is 3.56. The van der Waals surface area contributed by atoms with Crippen LogP contribution in [0.15, 0.2) is 5.16 Å². The van der Waals surface area contributed by atoms with Gasteiger partial charge in [0, 0.05) is 28.7 Å². The average molecular weight is 144 g/mol. The Hall–Kier alpha value is -0.570. The van der Waals surface area contributed by atoms with Crippen LogP contribution >= 0.6 is 0 Å². The molecule has 0 aromatic carbocycles. The monoisotopic (exact) mass is 144 g/mol. The van der Waals surface area contributed by atoms with Crippen LogP contribution in [0.5, 0.6) is 0 Å². The van der Waals surface area contributed by atoms with E-state index in [4.69, 9.17) is 2.74 Å². The van der Waals surface area contributed by atoms with Crippen LogP contribution in [-0.2, 0) is 4.84 Å². The first-order valence-corrected chi connectivity index (χ1v) is 3.41. The summed E-state index contributed by atoms with van der Waals surface area (Å²) in [4.78, 5) is 6.45. The van der Waals surface area contributed by atoms with Crippen LogP contribution in [0.2, 0.25) is 0 Å². The predicted octanol–water partition coefficient (Wildman–Crippen LogP) is 0.714. The molecule has 0 atom stereocenters. The molecule has 0 saturated carbocycles. The van der Waals surface area contributed by atoms with Crippen LogP contribution in [0, 0.1) is 0 Å². The third kappa shape index (κ3) is 1.99. The molecule has 3 nitrogen and oxygen atoms in total. The molecule has 0 aromatic heterocycles. The van der Waals surface area contributed by atoms with Gasteiger partial charge in [-0.15, -0.1) is 0 Å². The summed E-state index contributed by atoms with van der Waals surface area (Å²) in [5.74, 6) is 0. The lowest BCUT2D eigenvalue weighted by atomic mass is 10.1. The Morgan fingerprint density at radius 2 is 2.30 bits per heavy atom. The molecule has 1 heterocycles. The Kier molecular flexibility index (Phi) is 1.83. The highest BCUT2D eigenvalue weighted by molar-refractivity contribution is 5.84. The molecule has 0 bridgehead atoms. The molecule has 1 aliphatic heterocycles. The van der Waals surface area contributed by atoms with Gasteiger partial charge in [-0.05, 0) is 7.00 Å². The smallest absolute Gasteiger partial charge is 0.106 e. The molecular weight excluding hydrogens is 128 g/mol. The number of likely N-dealkylation sites (tertiary alicyclic amines) is 1. The summed E-state index contributed by atoms with van der Waals surface area (Å²) in [5, 5.41) is 3.84. The molecule has 10 heavy (non-hydrogen) atoms. The number of rotatable bonds is 1. The molecule has 1 rings (SSSR count). The van der Waals surface area contributed by atoms with E-state index in [9.17, 15) is 0 Å². The van der Waals surface area contributed by atoms with Crippen LogP contribution < -0.4 is 0 Å². The molecule has 0 spiro atoms. The minimum atomic E-state index is -0.839. The van der Waals surface area contributed by atoms with Gasteiger partial charge in [-0.25, -0.2) is 0 Å². The summed E-state index contributed by atoms with van der Waals surface area (Å²) in [6, 6.07) is 0. The van der Waals surface area contributed by atoms with Crippen molar-refractivity contribution in [1.29, 1.82) is 0 Å². The second-order valence-electron chi connectivity index (χ2n) is 2.38. The van der Waals surface area contributed by atoms with Gasteiger partial charge in [0.25, 0.3) is 0 Å². The third-order valence-corrected chi connectivity index (χ3v) is 1.60. The van der Waals surface area contributed by atoms with E-state index in [-0.39, 0.29) is 0 Å². The number of oxime groups is 1. The summed E-state index contributed by atoms with van der Waals surface area (Å²) in [5.41, 5.74) is 1.04. The van der Waals surface area contributed by atoms with Gasteiger partial charge in [0.1, 0.15) is 7.11 Å². The van der Waals surface area contributed by atoms with E-state index in [1.807, 2.05) is 0 Å². The lowest BCUT2D eigenvalue weighted by Crippen LogP contribution is -2.30. The Morgan fingerprint density at radius 1 is 1.60 bits per heavy atom. The van der Waals surface area contributed by atoms with E-state index in [1.165, 1.54) is 7.11 Å². The zero-order valence-electron chi connectivity index (χ0n) is 8.21. The van der Waals surface area contributed by atoms with Gasteiger partial charge in [-0.3, -0.25) is 0 Å². The maximum atomic E-state index is 7.16. The first kappa shape index (κ1) is 5.13. The largest absolute Gasteiger partial charge is 0.399 e. The van der Waals surface area contributed by atoms with Gasteiger partial charge in [0.15, 0.2) is 0 Å². The molecule has 1 aliphatic rings. The third-order valence-electron chi connectivity index (χ3n) is 1.60. The fourth-order valence-corrected chi connectivity index (χ4v) is 1.00. The Labute approximate surface area is 64.5 Å². The van der Waals surface area contributed by atoms with Crippen LogP contribution in [0.1, 0.15) is 15.6 Å². The first-order valence-electron chi connectivity index (χ1n) is 4.57. The molecule has 3 heteroatoms. The average Bonchev–Trinajstić information content (AvgIpc) is 2.06. The van der Waals surface area contributed by atoms with E-state index in [2.05, 4.69) is 9.99 Å². The highest BCUT2D eigenvalue weighted by Gasteiger charge is 2.10. The minimum absolute atomic E-state index is 0.750. The highest BCUT2D eigenvalue weighted by Crippen LogP contribution is 2.04. The zero-order valence-corrected chi connectivity index (χ0v) is 6.21. The lowest BCUT2D eigenvalue weighted by Gasteiger charge is -2.22. The highest BCUT2D eigenvalue weighted by atomic mass is 16.6. The Bertz CT molecular complexity index is 163. The SMILES string of the molecule is [2H]C([2H])N1CCC(=NOC)CC1. The van der Waals surface area contributed by atoms with Crippen molar-refractivity contribution in [3.63, 3.8) is 0 Å². The number of piperidine rings is 1. The lowest BCUT2D eigenvalue weighted by molar-refractivity contribution is 0.208. The molecule has 58 valence electrons. The van der Waals surface area contributed by atoms with Crippen LogP contribution in [0.3, 0.4) is 0 Å². The Balaban J connectivity index is 2.34. The number of hydrogen-bond donors (Lipinski definition) is 0. The van der Waals surface area contributed by atoms with Gasteiger partial charge < -0.3 is 9.74 Å². The summed E-state index contributed by atoms with van der Waals surface area (Å²) < 4.78 is 14.3. The molecule has 0 aromatic rings. The van der Waals surface area contributed by atoms with Crippen molar-refractivity contribution in [2.45, 2.75) is 12.8 Å². The summed E-state index contributed by atoms with van der Waals surface area (Å²) in [6.07, 6.45) is 1.64. The van der Waals surface area contributed by atoms with Gasteiger partial charge >= 0.3 is 0 Å². The first-order chi connectivity index (χ1) is 5.74. The molecule has 1 saturated heterocycles.